The summed E-state index contributed by atoms with van der Waals surface area (Å²) < 4.78 is 0. The third-order valence-corrected chi connectivity index (χ3v) is 11.9. The van der Waals surface area contributed by atoms with E-state index < -0.39 is 6.10 Å². The topological polar surface area (TPSA) is 89.8 Å². The molecule has 0 heterocycles. The molecule has 1 aromatic carbocycles. The van der Waals surface area contributed by atoms with Crippen molar-refractivity contribution in [3.05, 3.63) is 24.3 Å². The van der Waals surface area contributed by atoms with Gasteiger partial charge >= 0.3 is 0 Å². The molecule has 1 amide bonds. The summed E-state index contributed by atoms with van der Waals surface area (Å²) in [7, 11) is 0. The summed E-state index contributed by atoms with van der Waals surface area (Å²) in [6.07, 6.45) is 6.49. The first-order valence-electron chi connectivity index (χ1n) is 14.2. The van der Waals surface area contributed by atoms with Crippen LogP contribution in [0.2, 0.25) is 0 Å². The number of aliphatic hydroxyl groups is 3. The number of hydrogen-bond acceptors (Lipinski definition) is 5. The van der Waals surface area contributed by atoms with Gasteiger partial charge in [-0.2, -0.15) is 0 Å². The summed E-state index contributed by atoms with van der Waals surface area (Å²) in [5.41, 5.74) is 0.609. The van der Waals surface area contributed by atoms with Crippen molar-refractivity contribution in [1.29, 1.82) is 0 Å². The van der Waals surface area contributed by atoms with E-state index in [2.05, 4.69) is 38.7 Å². The highest BCUT2D eigenvalue weighted by atomic mass is 32.1. The summed E-state index contributed by atoms with van der Waals surface area (Å²) in [5.74, 6) is 1.85. The Hall–Kier alpha value is -1.08. The number of fused-ring (bicyclic) bond motifs is 5. The fourth-order valence-corrected chi connectivity index (χ4v) is 9.70. The predicted molar refractivity (Wildman–Crippen MR) is 145 cm³/mol. The Morgan fingerprint density at radius 2 is 1.83 bits per heavy atom. The molecular weight excluding hydrogens is 470 g/mol. The van der Waals surface area contributed by atoms with E-state index in [0.717, 1.165) is 61.9 Å². The molecule has 4 aliphatic carbocycles. The molecule has 0 radical (unpaired) electrons. The smallest absolute Gasteiger partial charge is 0.224 e. The van der Waals surface area contributed by atoms with E-state index in [4.69, 9.17) is 0 Å². The first-order valence-corrected chi connectivity index (χ1v) is 14.6. The minimum absolute atomic E-state index is 0.00784. The van der Waals surface area contributed by atoms with Crippen molar-refractivity contribution in [2.24, 2.45) is 46.3 Å². The molecule has 1 aromatic rings. The Morgan fingerprint density at radius 3 is 2.58 bits per heavy atom. The van der Waals surface area contributed by atoms with Gasteiger partial charge in [-0.3, -0.25) is 4.79 Å². The maximum absolute atomic E-state index is 12.7. The number of hydrogen-bond donors (Lipinski definition) is 5. The number of anilines is 1. The lowest BCUT2D eigenvalue weighted by Crippen LogP contribution is -2.62. The number of carbonyl (C=O) groups excluding carboxylic acids is 1. The minimum atomic E-state index is -0.391. The number of benzene rings is 1. The number of nitrogens with one attached hydrogen (secondary N) is 1. The van der Waals surface area contributed by atoms with E-state index in [1.54, 1.807) is 0 Å². The molecule has 0 spiro atoms. The highest BCUT2D eigenvalue weighted by Gasteiger charge is 2.65. The zero-order valence-electron chi connectivity index (χ0n) is 22.1. The van der Waals surface area contributed by atoms with Gasteiger partial charge in [0, 0.05) is 11.3 Å². The van der Waals surface area contributed by atoms with E-state index in [1.165, 1.54) is 0 Å². The predicted octanol–water partition coefficient (Wildman–Crippen LogP) is 5.29. The average molecular weight is 516 g/mol. The van der Waals surface area contributed by atoms with Crippen molar-refractivity contribution >= 4 is 24.2 Å². The van der Waals surface area contributed by atoms with Gasteiger partial charge in [-0.15, -0.1) is 12.6 Å². The second-order valence-electron chi connectivity index (χ2n) is 13.1. The van der Waals surface area contributed by atoms with Gasteiger partial charge in [0.1, 0.15) is 0 Å². The van der Waals surface area contributed by atoms with Crippen molar-refractivity contribution in [3.63, 3.8) is 0 Å². The Kier molecular flexibility index (Phi) is 7.30. The van der Waals surface area contributed by atoms with Gasteiger partial charge in [-0.1, -0.05) is 32.9 Å². The van der Waals surface area contributed by atoms with Crippen LogP contribution < -0.4 is 5.32 Å². The van der Waals surface area contributed by atoms with Crippen LogP contribution in [0, 0.1) is 46.3 Å². The SMILES string of the molecule is C[C@@H](CCC(=O)Nc1ccccc1S)[C@H]1CC[C@H]2[C@@H]3[C@H](O)C[C@H]4C[C@@H](O)CC[C@]4(C)[C@H]3C[C@H](O)[C@]12C. The monoisotopic (exact) mass is 515 g/mol. The fraction of sp³-hybridized carbons (Fsp3) is 0.767. The van der Waals surface area contributed by atoms with Gasteiger partial charge < -0.3 is 20.6 Å². The van der Waals surface area contributed by atoms with Crippen molar-refractivity contribution in [1.82, 2.24) is 0 Å². The largest absolute Gasteiger partial charge is 0.393 e. The molecule has 4 fully saturated rings. The maximum Gasteiger partial charge on any atom is 0.224 e. The Labute approximate surface area is 221 Å². The van der Waals surface area contributed by atoms with Gasteiger partial charge in [0.15, 0.2) is 0 Å². The Bertz CT molecular complexity index is 972. The van der Waals surface area contributed by atoms with E-state index >= 15 is 0 Å². The molecule has 0 unspecified atom stereocenters. The summed E-state index contributed by atoms with van der Waals surface area (Å²) in [4.78, 5) is 13.5. The molecular formula is C30H45NO4S. The second kappa shape index (κ2) is 9.91. The summed E-state index contributed by atoms with van der Waals surface area (Å²) >= 11 is 4.43. The minimum Gasteiger partial charge on any atom is -0.393 e. The van der Waals surface area contributed by atoms with Gasteiger partial charge in [-0.05, 0) is 110 Å². The molecule has 4 aliphatic rings. The van der Waals surface area contributed by atoms with Crippen LogP contribution in [-0.2, 0) is 4.79 Å². The van der Waals surface area contributed by atoms with E-state index in [1.807, 2.05) is 24.3 Å². The van der Waals surface area contributed by atoms with Crippen LogP contribution in [0.3, 0.4) is 0 Å². The standard InChI is InChI=1S/C30H45NO4S/c1-17(8-11-27(35)31-23-6-4-5-7-25(23)36)20-9-10-21-28-22(16-26(34)30(20,21)3)29(2)13-12-19(32)14-18(29)15-24(28)33/h4-7,17-22,24,26,28,32-34,36H,8-16H2,1-3H3,(H,31,35)/t17-,18+,19-,20+,21-,22-,24+,26-,28-,29-,30+/m0/s1. The third kappa shape index (κ3) is 4.34. The van der Waals surface area contributed by atoms with Gasteiger partial charge in [0.2, 0.25) is 5.91 Å². The molecule has 0 saturated heterocycles. The van der Waals surface area contributed by atoms with Crippen LogP contribution in [0.4, 0.5) is 5.69 Å². The second-order valence-corrected chi connectivity index (χ2v) is 13.6. The molecule has 6 heteroatoms. The van der Waals surface area contributed by atoms with E-state index in [-0.39, 0.29) is 34.9 Å². The van der Waals surface area contributed by atoms with Crippen molar-refractivity contribution in [2.45, 2.75) is 102 Å². The summed E-state index contributed by atoms with van der Waals surface area (Å²) in [6.45, 7) is 6.89. The molecule has 200 valence electrons. The normalized spacial score (nSPS) is 44.8. The lowest BCUT2D eigenvalue weighted by molar-refractivity contribution is -0.207. The zero-order valence-corrected chi connectivity index (χ0v) is 23.0. The zero-order chi connectivity index (χ0) is 25.8. The van der Waals surface area contributed by atoms with E-state index in [0.29, 0.717) is 36.0 Å². The number of rotatable bonds is 5. The van der Waals surface area contributed by atoms with Gasteiger partial charge in [0.05, 0.1) is 24.0 Å². The van der Waals surface area contributed by atoms with E-state index in [9.17, 15) is 20.1 Å². The number of amides is 1. The summed E-state index contributed by atoms with van der Waals surface area (Å²) in [6, 6.07) is 7.54. The average Bonchev–Trinajstić information content (AvgIpc) is 3.19. The highest BCUT2D eigenvalue weighted by Crippen LogP contribution is 2.68. The molecule has 4 N–H and O–H groups in total. The molecule has 4 saturated carbocycles. The maximum atomic E-state index is 12.7. The number of para-hydroxylation sites is 1. The Morgan fingerprint density at radius 1 is 1.08 bits per heavy atom. The van der Waals surface area contributed by atoms with Crippen LogP contribution in [0.15, 0.2) is 29.2 Å². The quantitative estimate of drug-likeness (QED) is 0.345. The first kappa shape index (κ1) is 26.5. The van der Waals surface area contributed by atoms with Gasteiger partial charge in [-0.25, -0.2) is 0 Å². The molecule has 5 nitrogen and oxygen atoms in total. The van der Waals surface area contributed by atoms with Crippen LogP contribution in [0.5, 0.6) is 0 Å². The molecule has 11 atom stereocenters. The first-order chi connectivity index (χ1) is 17.1. The van der Waals surface area contributed by atoms with Crippen LogP contribution >= 0.6 is 12.6 Å². The lowest BCUT2D eigenvalue weighted by atomic mass is 9.43. The Balaban J connectivity index is 1.28. The van der Waals surface area contributed by atoms with Crippen LogP contribution in [-0.4, -0.2) is 39.5 Å². The van der Waals surface area contributed by atoms with Crippen molar-refractivity contribution in [3.8, 4) is 0 Å². The molecule has 36 heavy (non-hydrogen) atoms. The third-order valence-electron chi connectivity index (χ3n) is 11.5. The van der Waals surface area contributed by atoms with Crippen LogP contribution in [0.1, 0.15) is 78.6 Å². The molecule has 0 aliphatic heterocycles. The lowest BCUT2D eigenvalue weighted by Gasteiger charge is -2.63. The van der Waals surface area contributed by atoms with Crippen molar-refractivity contribution in [2.75, 3.05) is 5.32 Å². The van der Waals surface area contributed by atoms with Crippen LogP contribution in [0.25, 0.3) is 0 Å². The molecule has 5 rings (SSSR count). The number of aliphatic hydroxyl groups excluding tert-OH is 3. The van der Waals surface area contributed by atoms with Crippen molar-refractivity contribution < 1.29 is 20.1 Å². The summed E-state index contributed by atoms with van der Waals surface area (Å²) in [5, 5.41) is 36.5. The molecule has 0 aromatic heterocycles. The molecule has 0 bridgehead atoms. The highest BCUT2D eigenvalue weighted by molar-refractivity contribution is 7.80. The number of carbonyl (C=O) groups is 1. The number of thiol groups is 1. The fourth-order valence-electron chi connectivity index (χ4n) is 9.48. The van der Waals surface area contributed by atoms with Gasteiger partial charge in [0.25, 0.3) is 0 Å².